The number of hydrogen-bond acceptors (Lipinski definition) is 3. The van der Waals surface area contributed by atoms with Crippen LogP contribution in [0.4, 0.5) is 0 Å². The van der Waals surface area contributed by atoms with Crippen molar-refractivity contribution in [2.24, 2.45) is 4.99 Å². The molecule has 0 fully saturated rings. The van der Waals surface area contributed by atoms with Gasteiger partial charge in [-0.25, -0.2) is 0 Å². The zero-order chi connectivity index (χ0) is 18.5. The van der Waals surface area contributed by atoms with Gasteiger partial charge in [-0.15, -0.1) is 0 Å². The predicted octanol–water partition coefficient (Wildman–Crippen LogP) is 1.96. The first-order valence-corrected chi connectivity index (χ1v) is 9.01. The summed E-state index contributed by atoms with van der Waals surface area (Å²) in [6, 6.07) is 7.68. The van der Waals surface area contributed by atoms with Crippen molar-refractivity contribution in [1.29, 1.82) is 0 Å². The first-order chi connectivity index (χ1) is 12.1. The van der Waals surface area contributed by atoms with Crippen LogP contribution in [0.2, 0.25) is 0 Å². The third kappa shape index (κ3) is 9.10. The highest BCUT2D eigenvalue weighted by Crippen LogP contribution is 2.05. The molecule has 1 aromatic carbocycles. The maximum absolute atomic E-state index is 11.7. The third-order valence-electron chi connectivity index (χ3n) is 3.49. The maximum atomic E-state index is 11.7. The van der Waals surface area contributed by atoms with Crippen LogP contribution in [-0.4, -0.2) is 51.3 Å². The van der Waals surface area contributed by atoms with Crippen molar-refractivity contribution in [2.75, 3.05) is 33.3 Å². The van der Waals surface area contributed by atoms with E-state index in [9.17, 15) is 4.79 Å². The van der Waals surface area contributed by atoms with E-state index in [1.54, 1.807) is 7.05 Å². The molecular weight excluding hydrogens is 316 g/mol. The van der Waals surface area contributed by atoms with Crippen LogP contribution in [0.5, 0.6) is 0 Å². The van der Waals surface area contributed by atoms with Gasteiger partial charge in [0, 0.05) is 38.9 Å². The summed E-state index contributed by atoms with van der Waals surface area (Å²) in [7, 11) is 1.64. The van der Waals surface area contributed by atoms with Crippen molar-refractivity contribution in [2.45, 2.75) is 39.7 Å². The average molecular weight is 348 g/mol. The van der Waals surface area contributed by atoms with E-state index in [0.29, 0.717) is 5.56 Å². The quantitative estimate of drug-likeness (QED) is 0.343. The van der Waals surface area contributed by atoms with Crippen LogP contribution in [-0.2, 0) is 11.2 Å². The lowest BCUT2D eigenvalue weighted by atomic mass is 10.1. The molecule has 0 spiro atoms. The molecular formula is C19H32N4O2. The summed E-state index contributed by atoms with van der Waals surface area (Å²) < 4.78 is 5.52. The van der Waals surface area contributed by atoms with E-state index in [1.807, 2.05) is 45.0 Å². The Morgan fingerprint density at radius 1 is 1.28 bits per heavy atom. The Labute approximate surface area is 151 Å². The van der Waals surface area contributed by atoms with E-state index in [4.69, 9.17) is 4.74 Å². The van der Waals surface area contributed by atoms with Crippen molar-refractivity contribution in [3.05, 3.63) is 35.4 Å². The molecule has 0 atom stereocenters. The first-order valence-electron chi connectivity index (χ1n) is 9.01. The van der Waals surface area contributed by atoms with Crippen LogP contribution in [0.1, 0.15) is 43.1 Å². The molecule has 0 aliphatic rings. The normalized spacial score (nSPS) is 11.5. The summed E-state index contributed by atoms with van der Waals surface area (Å²) in [4.78, 5) is 16.2. The van der Waals surface area contributed by atoms with E-state index < -0.39 is 0 Å². The number of carbonyl (C=O) groups is 1. The monoisotopic (exact) mass is 348 g/mol. The van der Waals surface area contributed by atoms with Crippen molar-refractivity contribution >= 4 is 11.9 Å². The standard InChI is InChI=1S/C19H32N4O2/c1-5-21-19(22-11-7-13-25-15(2)3)23-12-10-16-8-6-9-17(14-16)18(24)20-4/h6,8-9,14-15H,5,7,10-13H2,1-4H3,(H,20,24)(H2,21,22,23). The van der Waals surface area contributed by atoms with Gasteiger partial charge in [0.2, 0.25) is 0 Å². The van der Waals surface area contributed by atoms with Crippen LogP contribution < -0.4 is 16.0 Å². The molecule has 0 bridgehead atoms. The Morgan fingerprint density at radius 2 is 2.08 bits per heavy atom. The summed E-state index contributed by atoms with van der Waals surface area (Å²) in [5, 5.41) is 9.22. The van der Waals surface area contributed by atoms with Gasteiger partial charge < -0.3 is 20.7 Å². The number of nitrogens with one attached hydrogen (secondary N) is 3. The lowest BCUT2D eigenvalue weighted by Crippen LogP contribution is -2.38. The summed E-state index contributed by atoms with van der Waals surface area (Å²) in [5.41, 5.74) is 1.81. The van der Waals surface area contributed by atoms with Gasteiger partial charge in [-0.05, 0) is 51.3 Å². The molecule has 1 amide bonds. The molecule has 0 saturated heterocycles. The van der Waals surface area contributed by atoms with Crippen molar-refractivity contribution in [1.82, 2.24) is 16.0 Å². The fraction of sp³-hybridized carbons (Fsp3) is 0.579. The molecule has 1 aromatic rings. The van der Waals surface area contributed by atoms with Gasteiger partial charge in [0.15, 0.2) is 5.96 Å². The molecule has 6 heteroatoms. The second-order valence-electron chi connectivity index (χ2n) is 5.99. The fourth-order valence-corrected chi connectivity index (χ4v) is 2.25. The zero-order valence-corrected chi connectivity index (χ0v) is 15.9. The van der Waals surface area contributed by atoms with Crippen molar-refractivity contribution in [3.8, 4) is 0 Å². The summed E-state index contributed by atoms with van der Waals surface area (Å²) in [6.07, 6.45) is 2.00. The average Bonchev–Trinajstić information content (AvgIpc) is 2.60. The molecule has 0 radical (unpaired) electrons. The van der Waals surface area contributed by atoms with Crippen LogP contribution in [0.3, 0.4) is 0 Å². The molecule has 6 nitrogen and oxygen atoms in total. The van der Waals surface area contributed by atoms with Crippen molar-refractivity contribution < 1.29 is 9.53 Å². The molecule has 1 rings (SSSR count). The number of carbonyl (C=O) groups excluding carboxylic acids is 1. The molecule has 25 heavy (non-hydrogen) atoms. The first kappa shape index (κ1) is 21.0. The van der Waals surface area contributed by atoms with Gasteiger partial charge in [0.05, 0.1) is 6.10 Å². The second-order valence-corrected chi connectivity index (χ2v) is 5.99. The van der Waals surface area contributed by atoms with Crippen molar-refractivity contribution in [3.63, 3.8) is 0 Å². The third-order valence-corrected chi connectivity index (χ3v) is 3.49. The van der Waals surface area contributed by atoms with Gasteiger partial charge in [-0.3, -0.25) is 9.79 Å². The minimum absolute atomic E-state index is 0.0617. The van der Waals surface area contributed by atoms with Gasteiger partial charge in [-0.2, -0.15) is 0 Å². The topological polar surface area (TPSA) is 74.8 Å². The van der Waals surface area contributed by atoms with E-state index in [0.717, 1.165) is 50.6 Å². The predicted molar refractivity (Wildman–Crippen MR) is 103 cm³/mol. The number of nitrogens with zero attached hydrogens (tertiary/aromatic N) is 1. The Morgan fingerprint density at radius 3 is 2.76 bits per heavy atom. The van der Waals surface area contributed by atoms with E-state index >= 15 is 0 Å². The number of guanidine groups is 1. The fourth-order valence-electron chi connectivity index (χ4n) is 2.25. The number of ether oxygens (including phenoxy) is 1. The minimum Gasteiger partial charge on any atom is -0.379 e. The van der Waals surface area contributed by atoms with Gasteiger partial charge in [-0.1, -0.05) is 12.1 Å². The van der Waals surface area contributed by atoms with E-state index in [1.165, 1.54) is 0 Å². The highest BCUT2D eigenvalue weighted by molar-refractivity contribution is 5.94. The number of benzene rings is 1. The number of rotatable bonds is 10. The summed E-state index contributed by atoms with van der Waals surface area (Å²) in [5.74, 6) is 0.753. The smallest absolute Gasteiger partial charge is 0.251 e. The SMILES string of the molecule is CCNC(=NCCCOC(C)C)NCCc1cccc(C(=O)NC)c1. The molecule has 0 aromatic heterocycles. The number of hydrogen-bond donors (Lipinski definition) is 3. The second kappa shape index (κ2) is 12.3. The van der Waals surface area contributed by atoms with Gasteiger partial charge in [0.1, 0.15) is 0 Å². The molecule has 140 valence electrons. The minimum atomic E-state index is -0.0617. The molecule has 0 heterocycles. The van der Waals surface area contributed by atoms with Crippen LogP contribution >= 0.6 is 0 Å². The summed E-state index contributed by atoms with van der Waals surface area (Å²) in [6.45, 7) is 9.15. The molecule has 0 aliphatic heterocycles. The Balaban J connectivity index is 2.43. The van der Waals surface area contributed by atoms with Crippen LogP contribution in [0.25, 0.3) is 0 Å². The highest BCUT2D eigenvalue weighted by Gasteiger charge is 2.04. The number of amides is 1. The maximum Gasteiger partial charge on any atom is 0.251 e. The Hall–Kier alpha value is -2.08. The number of aliphatic imine (C=N–C) groups is 1. The van der Waals surface area contributed by atoms with E-state index in [2.05, 4.69) is 20.9 Å². The van der Waals surface area contributed by atoms with Gasteiger partial charge in [0.25, 0.3) is 5.91 Å². The van der Waals surface area contributed by atoms with E-state index in [-0.39, 0.29) is 12.0 Å². The zero-order valence-electron chi connectivity index (χ0n) is 15.9. The lowest BCUT2D eigenvalue weighted by molar-refractivity contribution is 0.0782. The molecule has 0 aliphatic carbocycles. The Kier molecular flexibility index (Phi) is 10.3. The van der Waals surface area contributed by atoms with Gasteiger partial charge >= 0.3 is 0 Å². The van der Waals surface area contributed by atoms with Crippen LogP contribution in [0.15, 0.2) is 29.3 Å². The highest BCUT2D eigenvalue weighted by atomic mass is 16.5. The molecule has 3 N–H and O–H groups in total. The molecule has 0 unspecified atom stereocenters. The summed E-state index contributed by atoms with van der Waals surface area (Å²) >= 11 is 0. The Bertz CT molecular complexity index is 544. The molecule has 0 saturated carbocycles. The lowest BCUT2D eigenvalue weighted by Gasteiger charge is -2.12. The largest absolute Gasteiger partial charge is 0.379 e. The van der Waals surface area contributed by atoms with Crippen LogP contribution in [0, 0.1) is 0 Å².